The van der Waals surface area contributed by atoms with E-state index in [2.05, 4.69) is 19.9 Å². The first-order valence-corrected chi connectivity index (χ1v) is 7.15. The van der Waals surface area contributed by atoms with Gasteiger partial charge in [-0.15, -0.1) is 0 Å². The van der Waals surface area contributed by atoms with Crippen molar-refractivity contribution in [1.82, 2.24) is 0 Å². The quantitative estimate of drug-likeness (QED) is 0.745. The van der Waals surface area contributed by atoms with Crippen LogP contribution >= 0.6 is 0 Å². The molecule has 102 valence electrons. The van der Waals surface area contributed by atoms with E-state index in [0.29, 0.717) is 5.92 Å². The molecule has 0 amide bonds. The lowest BCUT2D eigenvalue weighted by molar-refractivity contribution is 0.233. The molecule has 0 saturated carbocycles. The summed E-state index contributed by atoms with van der Waals surface area (Å²) in [5, 5.41) is 0. The zero-order chi connectivity index (χ0) is 13.4. The Labute approximate surface area is 112 Å². The second-order valence-electron chi connectivity index (χ2n) is 5.09. The molecule has 1 unspecified atom stereocenters. The summed E-state index contributed by atoms with van der Waals surface area (Å²) < 4.78 is 5.89. The maximum atomic E-state index is 5.89. The zero-order valence-corrected chi connectivity index (χ0v) is 12.0. The summed E-state index contributed by atoms with van der Waals surface area (Å²) in [4.78, 5) is 0. The van der Waals surface area contributed by atoms with E-state index in [1.54, 1.807) is 0 Å². The lowest BCUT2D eigenvalue weighted by Gasteiger charge is -2.16. The Bertz CT molecular complexity index is 336. The number of hydrogen-bond donors (Lipinski definition) is 1. The van der Waals surface area contributed by atoms with E-state index in [4.69, 9.17) is 10.5 Å². The smallest absolute Gasteiger partial charge is 0.119 e. The van der Waals surface area contributed by atoms with Gasteiger partial charge in [0.05, 0.1) is 6.61 Å². The van der Waals surface area contributed by atoms with Crippen LogP contribution in [0.25, 0.3) is 0 Å². The minimum Gasteiger partial charge on any atom is -0.493 e. The Hall–Kier alpha value is -1.02. The van der Waals surface area contributed by atoms with Gasteiger partial charge in [0.25, 0.3) is 0 Å². The average molecular weight is 249 g/mol. The number of benzene rings is 1. The van der Waals surface area contributed by atoms with Crippen LogP contribution in [-0.2, 0) is 0 Å². The molecule has 2 heteroatoms. The molecule has 0 aliphatic heterocycles. The second kappa shape index (κ2) is 8.15. The molecule has 2 N–H and O–H groups in total. The van der Waals surface area contributed by atoms with Gasteiger partial charge in [0.15, 0.2) is 0 Å². The van der Waals surface area contributed by atoms with Gasteiger partial charge >= 0.3 is 0 Å². The monoisotopic (exact) mass is 249 g/mol. The summed E-state index contributed by atoms with van der Waals surface area (Å²) >= 11 is 0. The minimum atomic E-state index is 0.0654. The molecule has 18 heavy (non-hydrogen) atoms. The Morgan fingerprint density at radius 2 is 2.06 bits per heavy atom. The van der Waals surface area contributed by atoms with Crippen molar-refractivity contribution in [3.05, 3.63) is 29.8 Å². The summed E-state index contributed by atoms with van der Waals surface area (Å²) in [5.41, 5.74) is 7.01. The number of ether oxygens (including phenoxy) is 1. The Kier molecular flexibility index (Phi) is 6.81. The van der Waals surface area contributed by atoms with Crippen LogP contribution in [0, 0.1) is 5.92 Å². The number of unbranched alkanes of at least 4 members (excludes halogenated alkanes) is 1. The standard InChI is InChI=1S/C16H27NO/c1-4-6-8-14(5-2)12-18-16-10-7-9-15(11-16)13(3)17/h7,9-11,13-14H,4-6,8,12,17H2,1-3H3/t13-,14?/m0/s1. The molecule has 0 aromatic heterocycles. The highest BCUT2D eigenvalue weighted by Crippen LogP contribution is 2.20. The van der Waals surface area contributed by atoms with Crippen LogP contribution in [0.15, 0.2) is 24.3 Å². The summed E-state index contributed by atoms with van der Waals surface area (Å²) in [6, 6.07) is 8.19. The van der Waals surface area contributed by atoms with Gasteiger partial charge in [-0.1, -0.05) is 45.2 Å². The van der Waals surface area contributed by atoms with Crippen molar-refractivity contribution in [2.75, 3.05) is 6.61 Å². The van der Waals surface area contributed by atoms with Gasteiger partial charge in [0.1, 0.15) is 5.75 Å². The van der Waals surface area contributed by atoms with Gasteiger partial charge in [-0.05, 0) is 37.0 Å². The van der Waals surface area contributed by atoms with Crippen molar-refractivity contribution in [3.63, 3.8) is 0 Å². The number of rotatable bonds is 8. The molecule has 0 fully saturated rings. The first-order chi connectivity index (χ1) is 8.67. The molecule has 0 bridgehead atoms. The van der Waals surface area contributed by atoms with E-state index in [-0.39, 0.29) is 6.04 Å². The van der Waals surface area contributed by atoms with Crippen molar-refractivity contribution in [2.24, 2.45) is 11.7 Å². The number of nitrogens with two attached hydrogens (primary N) is 1. The van der Waals surface area contributed by atoms with E-state index in [1.165, 1.54) is 25.7 Å². The third-order valence-electron chi connectivity index (χ3n) is 3.41. The fraction of sp³-hybridized carbons (Fsp3) is 0.625. The molecule has 0 radical (unpaired) electrons. The molecule has 1 aromatic rings. The molecule has 0 saturated heterocycles. The topological polar surface area (TPSA) is 35.2 Å². The maximum absolute atomic E-state index is 5.89. The predicted molar refractivity (Wildman–Crippen MR) is 77.8 cm³/mol. The molecule has 0 aliphatic carbocycles. The Morgan fingerprint density at radius 3 is 2.67 bits per heavy atom. The Morgan fingerprint density at radius 1 is 1.28 bits per heavy atom. The van der Waals surface area contributed by atoms with E-state index in [0.717, 1.165) is 17.9 Å². The van der Waals surface area contributed by atoms with Crippen molar-refractivity contribution >= 4 is 0 Å². The largest absolute Gasteiger partial charge is 0.493 e. The van der Waals surface area contributed by atoms with Gasteiger partial charge in [0, 0.05) is 6.04 Å². The molecule has 2 atom stereocenters. The SMILES string of the molecule is CCCCC(CC)COc1cccc([C@H](C)N)c1. The van der Waals surface area contributed by atoms with Gasteiger partial charge < -0.3 is 10.5 Å². The van der Waals surface area contributed by atoms with Crippen LogP contribution < -0.4 is 10.5 Å². The first-order valence-electron chi connectivity index (χ1n) is 7.15. The van der Waals surface area contributed by atoms with Gasteiger partial charge in [-0.2, -0.15) is 0 Å². The summed E-state index contributed by atoms with van der Waals surface area (Å²) in [7, 11) is 0. The lowest BCUT2D eigenvalue weighted by Crippen LogP contribution is -2.12. The molecule has 0 heterocycles. The normalized spacial score (nSPS) is 14.2. The molecule has 1 aromatic carbocycles. The van der Waals surface area contributed by atoms with E-state index < -0.39 is 0 Å². The molecular weight excluding hydrogens is 222 g/mol. The zero-order valence-electron chi connectivity index (χ0n) is 12.0. The fourth-order valence-electron chi connectivity index (χ4n) is 2.00. The van der Waals surface area contributed by atoms with Crippen LogP contribution in [-0.4, -0.2) is 6.61 Å². The summed E-state index contributed by atoms with van der Waals surface area (Å²) in [6.45, 7) is 7.29. The molecule has 1 rings (SSSR count). The highest BCUT2D eigenvalue weighted by Gasteiger charge is 2.07. The van der Waals surface area contributed by atoms with E-state index in [9.17, 15) is 0 Å². The van der Waals surface area contributed by atoms with Crippen molar-refractivity contribution < 1.29 is 4.74 Å². The minimum absolute atomic E-state index is 0.0654. The van der Waals surface area contributed by atoms with Crippen molar-refractivity contribution in [1.29, 1.82) is 0 Å². The Balaban J connectivity index is 2.48. The third kappa shape index (κ3) is 5.09. The first kappa shape index (κ1) is 15.0. The van der Waals surface area contributed by atoms with Crippen molar-refractivity contribution in [2.45, 2.75) is 52.5 Å². The molecule has 0 aliphatic rings. The van der Waals surface area contributed by atoms with Gasteiger partial charge in [-0.3, -0.25) is 0 Å². The fourth-order valence-corrected chi connectivity index (χ4v) is 2.00. The summed E-state index contributed by atoms with van der Waals surface area (Å²) in [5.74, 6) is 1.61. The maximum Gasteiger partial charge on any atom is 0.119 e. The highest BCUT2D eigenvalue weighted by atomic mass is 16.5. The van der Waals surface area contributed by atoms with Crippen LogP contribution in [0.4, 0.5) is 0 Å². The van der Waals surface area contributed by atoms with Crippen molar-refractivity contribution in [3.8, 4) is 5.75 Å². The molecule has 0 spiro atoms. The predicted octanol–water partition coefficient (Wildman–Crippen LogP) is 4.30. The van der Waals surface area contributed by atoms with Gasteiger partial charge in [-0.25, -0.2) is 0 Å². The number of hydrogen-bond acceptors (Lipinski definition) is 2. The summed E-state index contributed by atoms with van der Waals surface area (Å²) in [6.07, 6.45) is 5.01. The second-order valence-corrected chi connectivity index (χ2v) is 5.09. The average Bonchev–Trinajstić information content (AvgIpc) is 2.39. The third-order valence-corrected chi connectivity index (χ3v) is 3.41. The van der Waals surface area contributed by atoms with E-state index in [1.807, 2.05) is 25.1 Å². The van der Waals surface area contributed by atoms with Crippen LogP contribution in [0.1, 0.15) is 58.1 Å². The molecule has 2 nitrogen and oxygen atoms in total. The highest BCUT2D eigenvalue weighted by molar-refractivity contribution is 5.30. The van der Waals surface area contributed by atoms with Crippen LogP contribution in [0.5, 0.6) is 5.75 Å². The van der Waals surface area contributed by atoms with Crippen LogP contribution in [0.2, 0.25) is 0 Å². The van der Waals surface area contributed by atoms with E-state index >= 15 is 0 Å². The lowest BCUT2D eigenvalue weighted by atomic mass is 10.0. The van der Waals surface area contributed by atoms with Crippen LogP contribution in [0.3, 0.4) is 0 Å². The molecular formula is C16H27NO. The van der Waals surface area contributed by atoms with Gasteiger partial charge in [0.2, 0.25) is 0 Å².